The summed E-state index contributed by atoms with van der Waals surface area (Å²) >= 11 is 0. The standard InChI is InChI=1S/C18H22FN5O/c1-2-7-20-17(25)14-22-10-12-23(13-11-22)18-21-8-9-24(18)16-6-4-3-5-15(16)19/h2-6,8-9H,1,7,10-14H2,(H,20,25). The Morgan fingerprint density at radius 2 is 2.04 bits per heavy atom. The van der Waals surface area contributed by atoms with Crippen LogP contribution in [0.15, 0.2) is 49.3 Å². The van der Waals surface area contributed by atoms with Crippen molar-refractivity contribution in [2.75, 3.05) is 44.2 Å². The van der Waals surface area contributed by atoms with E-state index in [-0.39, 0.29) is 11.7 Å². The largest absolute Gasteiger partial charge is 0.352 e. The molecular formula is C18H22FN5O. The highest BCUT2D eigenvalue weighted by molar-refractivity contribution is 5.78. The second kappa shape index (κ2) is 7.94. The SMILES string of the molecule is C=CCNC(=O)CN1CCN(c2nccn2-c2ccccc2F)CC1. The van der Waals surface area contributed by atoms with E-state index in [0.717, 1.165) is 32.1 Å². The van der Waals surface area contributed by atoms with Gasteiger partial charge in [-0.15, -0.1) is 6.58 Å². The monoisotopic (exact) mass is 343 g/mol. The predicted octanol–water partition coefficient (Wildman–Crippen LogP) is 1.44. The van der Waals surface area contributed by atoms with E-state index in [9.17, 15) is 9.18 Å². The molecule has 0 atom stereocenters. The number of hydrogen-bond donors (Lipinski definition) is 1. The summed E-state index contributed by atoms with van der Waals surface area (Å²) in [4.78, 5) is 20.4. The van der Waals surface area contributed by atoms with Crippen molar-refractivity contribution in [1.29, 1.82) is 0 Å². The molecule has 1 aliphatic rings. The zero-order chi connectivity index (χ0) is 17.6. The zero-order valence-corrected chi connectivity index (χ0v) is 14.1. The fraction of sp³-hybridized carbons (Fsp3) is 0.333. The Bertz CT molecular complexity index is 737. The van der Waals surface area contributed by atoms with Crippen LogP contribution < -0.4 is 10.2 Å². The fourth-order valence-corrected chi connectivity index (χ4v) is 2.92. The molecule has 1 fully saturated rings. The molecule has 1 aromatic carbocycles. The Morgan fingerprint density at radius 3 is 2.76 bits per heavy atom. The number of carbonyl (C=O) groups is 1. The normalized spacial score (nSPS) is 15.2. The lowest BCUT2D eigenvalue weighted by atomic mass is 10.3. The molecule has 0 spiro atoms. The molecule has 0 saturated carbocycles. The van der Waals surface area contributed by atoms with Crippen LogP contribution in [-0.4, -0.2) is 59.6 Å². The third-order valence-corrected chi connectivity index (χ3v) is 4.20. The minimum Gasteiger partial charge on any atom is -0.352 e. The molecule has 25 heavy (non-hydrogen) atoms. The summed E-state index contributed by atoms with van der Waals surface area (Å²) in [5.74, 6) is 0.446. The van der Waals surface area contributed by atoms with Crippen LogP contribution in [0.1, 0.15) is 0 Å². The Balaban J connectivity index is 1.63. The number of halogens is 1. The van der Waals surface area contributed by atoms with Gasteiger partial charge in [-0.05, 0) is 12.1 Å². The van der Waals surface area contributed by atoms with Crippen molar-refractivity contribution in [3.05, 3.63) is 55.1 Å². The molecule has 0 bridgehead atoms. The minimum atomic E-state index is -0.278. The number of carbonyl (C=O) groups excluding carboxylic acids is 1. The first-order valence-electron chi connectivity index (χ1n) is 8.32. The first-order chi connectivity index (χ1) is 12.2. The molecule has 132 valence electrons. The summed E-state index contributed by atoms with van der Waals surface area (Å²) in [5.41, 5.74) is 0.487. The quantitative estimate of drug-likeness (QED) is 0.807. The van der Waals surface area contributed by atoms with Gasteiger partial charge in [-0.3, -0.25) is 14.3 Å². The molecular weight excluding hydrogens is 321 g/mol. The molecule has 1 saturated heterocycles. The van der Waals surface area contributed by atoms with Gasteiger partial charge < -0.3 is 10.2 Å². The lowest BCUT2D eigenvalue weighted by molar-refractivity contribution is -0.122. The van der Waals surface area contributed by atoms with Crippen molar-refractivity contribution in [2.45, 2.75) is 0 Å². The van der Waals surface area contributed by atoms with Crippen molar-refractivity contribution in [3.63, 3.8) is 0 Å². The number of nitrogens with one attached hydrogen (secondary N) is 1. The topological polar surface area (TPSA) is 53.4 Å². The second-order valence-corrected chi connectivity index (χ2v) is 5.90. The van der Waals surface area contributed by atoms with Gasteiger partial charge in [0.1, 0.15) is 5.82 Å². The molecule has 7 heteroatoms. The molecule has 0 aliphatic carbocycles. The molecule has 1 N–H and O–H groups in total. The van der Waals surface area contributed by atoms with E-state index in [1.807, 2.05) is 6.07 Å². The number of nitrogens with zero attached hydrogens (tertiary/aromatic N) is 4. The Morgan fingerprint density at radius 1 is 1.28 bits per heavy atom. The highest BCUT2D eigenvalue weighted by Crippen LogP contribution is 2.21. The number of benzene rings is 1. The number of anilines is 1. The number of aromatic nitrogens is 2. The first-order valence-corrected chi connectivity index (χ1v) is 8.32. The number of amides is 1. The summed E-state index contributed by atoms with van der Waals surface area (Å²) < 4.78 is 15.8. The Hall–Kier alpha value is -2.67. The molecule has 0 radical (unpaired) electrons. The van der Waals surface area contributed by atoms with E-state index in [2.05, 4.69) is 26.7 Å². The van der Waals surface area contributed by atoms with Gasteiger partial charge >= 0.3 is 0 Å². The zero-order valence-electron chi connectivity index (χ0n) is 14.1. The van der Waals surface area contributed by atoms with Crippen LogP contribution in [0.3, 0.4) is 0 Å². The lowest BCUT2D eigenvalue weighted by Crippen LogP contribution is -2.50. The third-order valence-electron chi connectivity index (χ3n) is 4.20. The number of rotatable bonds is 6. The maximum absolute atomic E-state index is 14.1. The van der Waals surface area contributed by atoms with E-state index < -0.39 is 0 Å². The average Bonchev–Trinajstić information content (AvgIpc) is 3.10. The smallest absolute Gasteiger partial charge is 0.234 e. The predicted molar refractivity (Wildman–Crippen MR) is 95.4 cm³/mol. The molecule has 1 aromatic heterocycles. The van der Waals surface area contributed by atoms with Crippen molar-refractivity contribution in [3.8, 4) is 5.69 Å². The van der Waals surface area contributed by atoms with Crippen LogP contribution in [-0.2, 0) is 4.79 Å². The molecule has 1 aliphatic heterocycles. The summed E-state index contributed by atoms with van der Waals surface area (Å²) in [6.45, 7) is 7.43. The van der Waals surface area contributed by atoms with Gasteiger partial charge in [0.25, 0.3) is 0 Å². The molecule has 2 aromatic rings. The van der Waals surface area contributed by atoms with Gasteiger partial charge in [-0.25, -0.2) is 9.37 Å². The first kappa shape index (κ1) is 17.2. The highest BCUT2D eigenvalue weighted by Gasteiger charge is 2.22. The van der Waals surface area contributed by atoms with E-state index in [1.54, 1.807) is 35.2 Å². The Labute approximate surface area is 146 Å². The fourth-order valence-electron chi connectivity index (χ4n) is 2.92. The van der Waals surface area contributed by atoms with E-state index >= 15 is 0 Å². The van der Waals surface area contributed by atoms with E-state index in [4.69, 9.17) is 0 Å². The van der Waals surface area contributed by atoms with Crippen LogP contribution >= 0.6 is 0 Å². The third kappa shape index (κ3) is 4.06. The van der Waals surface area contributed by atoms with Crippen molar-refractivity contribution in [1.82, 2.24) is 19.8 Å². The number of hydrogen-bond acceptors (Lipinski definition) is 4. The van der Waals surface area contributed by atoms with Crippen molar-refractivity contribution >= 4 is 11.9 Å². The van der Waals surface area contributed by atoms with Crippen LogP contribution in [0, 0.1) is 5.82 Å². The van der Waals surface area contributed by atoms with Crippen LogP contribution in [0.2, 0.25) is 0 Å². The van der Waals surface area contributed by atoms with Crippen LogP contribution in [0.4, 0.5) is 10.3 Å². The van der Waals surface area contributed by atoms with Gasteiger partial charge in [0, 0.05) is 45.1 Å². The van der Waals surface area contributed by atoms with Gasteiger partial charge in [-0.2, -0.15) is 0 Å². The lowest BCUT2D eigenvalue weighted by Gasteiger charge is -2.35. The van der Waals surface area contributed by atoms with E-state index in [1.165, 1.54) is 6.07 Å². The summed E-state index contributed by atoms with van der Waals surface area (Å²) in [7, 11) is 0. The van der Waals surface area contributed by atoms with Gasteiger partial charge in [0.2, 0.25) is 11.9 Å². The van der Waals surface area contributed by atoms with Crippen LogP contribution in [0.5, 0.6) is 0 Å². The number of piperazine rings is 1. The van der Waals surface area contributed by atoms with Crippen LogP contribution in [0.25, 0.3) is 5.69 Å². The number of para-hydroxylation sites is 1. The molecule has 3 rings (SSSR count). The van der Waals surface area contributed by atoms with Crippen molar-refractivity contribution in [2.24, 2.45) is 0 Å². The minimum absolute atomic E-state index is 0.00112. The molecule has 1 amide bonds. The second-order valence-electron chi connectivity index (χ2n) is 5.90. The highest BCUT2D eigenvalue weighted by atomic mass is 19.1. The van der Waals surface area contributed by atoms with Gasteiger partial charge in [-0.1, -0.05) is 18.2 Å². The molecule has 6 nitrogen and oxygen atoms in total. The maximum atomic E-state index is 14.1. The maximum Gasteiger partial charge on any atom is 0.234 e. The molecule has 2 heterocycles. The summed E-state index contributed by atoms with van der Waals surface area (Å²) in [5, 5.41) is 2.78. The summed E-state index contributed by atoms with van der Waals surface area (Å²) in [6, 6.07) is 6.66. The van der Waals surface area contributed by atoms with E-state index in [0.29, 0.717) is 18.8 Å². The molecule has 0 unspecified atom stereocenters. The average molecular weight is 343 g/mol. The summed E-state index contributed by atoms with van der Waals surface area (Å²) in [6.07, 6.45) is 5.11. The number of imidazole rings is 1. The van der Waals surface area contributed by atoms with Gasteiger partial charge in [0.15, 0.2) is 0 Å². The van der Waals surface area contributed by atoms with Crippen molar-refractivity contribution < 1.29 is 9.18 Å². The van der Waals surface area contributed by atoms with Gasteiger partial charge in [0.05, 0.1) is 12.2 Å². The Kier molecular flexibility index (Phi) is 5.45.